The van der Waals surface area contributed by atoms with Gasteiger partial charge in [0.15, 0.2) is 0 Å². The number of carbonyl (C=O) groups excluding carboxylic acids is 1. The van der Waals surface area contributed by atoms with Crippen molar-refractivity contribution in [3.8, 4) is 23.1 Å². The number of likely N-dealkylation sites (tertiary alicyclic amines) is 2. The molecule has 37 heavy (non-hydrogen) atoms. The second-order valence-electron chi connectivity index (χ2n) is 9.79. The number of nitrogens with one attached hydrogen (secondary N) is 1. The average Bonchev–Trinajstić information content (AvgIpc) is 3.57. The summed E-state index contributed by atoms with van der Waals surface area (Å²) in [6.45, 7) is 2.76. The lowest BCUT2D eigenvalue weighted by Gasteiger charge is -2.53. The number of halogens is 1. The molecule has 2 fully saturated rings. The first-order valence-electron chi connectivity index (χ1n) is 12.2. The van der Waals surface area contributed by atoms with Gasteiger partial charge in [0, 0.05) is 61.1 Å². The van der Waals surface area contributed by atoms with Crippen LogP contribution in [0.1, 0.15) is 29.6 Å². The molecule has 1 aromatic carbocycles. The van der Waals surface area contributed by atoms with Gasteiger partial charge in [0.05, 0.1) is 29.4 Å². The number of phenolic OH excluding ortho intramolecular Hbond substituents is 1. The summed E-state index contributed by atoms with van der Waals surface area (Å²) < 4.78 is 1.93. The van der Waals surface area contributed by atoms with E-state index in [2.05, 4.69) is 31.0 Å². The Morgan fingerprint density at radius 3 is 2.81 bits per heavy atom. The lowest BCUT2D eigenvalue weighted by Crippen LogP contribution is -2.66. The number of aromatic nitrogens is 5. The lowest BCUT2D eigenvalue weighted by atomic mass is 9.83. The molecule has 0 aliphatic carbocycles. The van der Waals surface area contributed by atoms with Gasteiger partial charge in [-0.15, -0.1) is 0 Å². The van der Waals surface area contributed by atoms with E-state index in [1.165, 1.54) is 18.5 Å². The number of benzene rings is 1. The number of fused-ring (bicyclic) bond motifs is 1. The van der Waals surface area contributed by atoms with E-state index in [0.29, 0.717) is 31.1 Å². The van der Waals surface area contributed by atoms with Gasteiger partial charge in [-0.1, -0.05) is 11.6 Å². The number of carbonyl (C=O) groups is 1. The lowest BCUT2D eigenvalue weighted by molar-refractivity contribution is -0.0412. The molecule has 0 radical (unpaired) electrons. The van der Waals surface area contributed by atoms with Gasteiger partial charge >= 0.3 is 0 Å². The largest absolute Gasteiger partial charge is 0.506 e. The van der Waals surface area contributed by atoms with Crippen LogP contribution >= 0.6 is 11.6 Å². The Balaban J connectivity index is 1.12. The number of rotatable bonds is 5. The molecule has 3 aromatic heterocycles. The summed E-state index contributed by atoms with van der Waals surface area (Å²) in [5, 5.41) is 25.0. The Labute approximate surface area is 218 Å². The molecule has 2 aliphatic rings. The van der Waals surface area contributed by atoms with Crippen LogP contribution in [0, 0.1) is 11.3 Å². The summed E-state index contributed by atoms with van der Waals surface area (Å²) in [7, 11) is 0. The Morgan fingerprint density at radius 2 is 2.05 bits per heavy atom. The zero-order valence-electron chi connectivity index (χ0n) is 20.0. The standard InChI is InChI=1S/C26H25ClN8O2/c27-21-11-17(1-2-22(21)36)25(37)33-9-4-19(5-10-33)34-14-26(15-34,6-7-28)35-13-18(12-32-35)23-20-3-8-29-24(20)31-16-30-23/h1-3,8,11-13,16,19,36H,4-6,9-10,14-15H2,(H,29,30,31). The van der Waals surface area contributed by atoms with E-state index in [1.54, 1.807) is 12.3 Å². The van der Waals surface area contributed by atoms with E-state index < -0.39 is 0 Å². The predicted octanol–water partition coefficient (Wildman–Crippen LogP) is 3.41. The molecule has 2 N–H and O–H groups in total. The SMILES string of the molecule is N#CCC1(n2cc(-c3ncnc4[nH]ccc34)cn2)CN(C2CCN(C(=O)c3ccc(O)c(Cl)c3)CC2)C1. The number of hydrogen-bond donors (Lipinski definition) is 2. The van der Waals surface area contributed by atoms with Crippen LogP contribution in [0.15, 0.2) is 49.2 Å². The van der Waals surface area contributed by atoms with Crippen LogP contribution in [0.3, 0.4) is 0 Å². The van der Waals surface area contributed by atoms with Gasteiger partial charge in [0.2, 0.25) is 0 Å². The van der Waals surface area contributed by atoms with Crippen LogP contribution in [-0.4, -0.2) is 77.8 Å². The zero-order chi connectivity index (χ0) is 25.6. The molecule has 0 saturated carbocycles. The van der Waals surface area contributed by atoms with Crippen LogP contribution in [0.2, 0.25) is 5.02 Å². The van der Waals surface area contributed by atoms with E-state index in [0.717, 1.165) is 48.2 Å². The van der Waals surface area contributed by atoms with Gasteiger partial charge in [-0.3, -0.25) is 14.4 Å². The Morgan fingerprint density at radius 1 is 1.24 bits per heavy atom. The van der Waals surface area contributed by atoms with Crippen molar-refractivity contribution < 1.29 is 9.90 Å². The molecule has 0 spiro atoms. The van der Waals surface area contributed by atoms with Gasteiger partial charge in [0.25, 0.3) is 5.91 Å². The minimum absolute atomic E-state index is 0.0327. The molecule has 2 aliphatic heterocycles. The second-order valence-corrected chi connectivity index (χ2v) is 10.2. The second kappa shape index (κ2) is 9.18. The quantitative estimate of drug-likeness (QED) is 0.416. The molecular weight excluding hydrogens is 492 g/mol. The maximum Gasteiger partial charge on any atom is 0.253 e. The number of aromatic hydroxyl groups is 1. The highest BCUT2D eigenvalue weighted by Crippen LogP contribution is 2.37. The summed E-state index contributed by atoms with van der Waals surface area (Å²) in [4.78, 5) is 29.0. The maximum atomic E-state index is 12.9. The molecule has 6 rings (SSSR count). The van der Waals surface area contributed by atoms with Gasteiger partial charge in [-0.2, -0.15) is 10.4 Å². The highest BCUT2D eigenvalue weighted by Gasteiger charge is 2.48. The molecule has 0 bridgehead atoms. The fraction of sp³-hybridized carbons (Fsp3) is 0.346. The highest BCUT2D eigenvalue weighted by molar-refractivity contribution is 6.32. The smallest absolute Gasteiger partial charge is 0.253 e. The minimum atomic E-state index is -0.382. The third-order valence-corrected chi connectivity index (χ3v) is 7.86. The molecule has 5 heterocycles. The number of amides is 1. The number of aromatic amines is 1. The monoisotopic (exact) mass is 516 g/mol. The van der Waals surface area contributed by atoms with E-state index >= 15 is 0 Å². The van der Waals surface area contributed by atoms with Gasteiger partial charge in [0.1, 0.15) is 23.3 Å². The van der Waals surface area contributed by atoms with Crippen molar-refractivity contribution in [1.29, 1.82) is 5.26 Å². The molecule has 2 saturated heterocycles. The fourth-order valence-corrected chi connectivity index (χ4v) is 5.70. The van der Waals surface area contributed by atoms with Crippen molar-refractivity contribution in [1.82, 2.24) is 34.5 Å². The molecule has 0 atom stereocenters. The van der Waals surface area contributed by atoms with E-state index in [4.69, 9.17) is 11.6 Å². The summed E-state index contributed by atoms with van der Waals surface area (Å²) >= 11 is 5.98. The summed E-state index contributed by atoms with van der Waals surface area (Å²) in [6, 6.07) is 9.21. The first-order valence-corrected chi connectivity index (χ1v) is 12.6. The van der Waals surface area contributed by atoms with Crippen LogP contribution in [0.25, 0.3) is 22.3 Å². The van der Waals surface area contributed by atoms with E-state index in [9.17, 15) is 15.2 Å². The number of nitriles is 1. The molecular formula is C26H25ClN8O2. The van der Waals surface area contributed by atoms with E-state index in [-0.39, 0.29) is 22.2 Å². The molecule has 0 unspecified atom stereocenters. The topological polar surface area (TPSA) is 127 Å². The van der Waals surface area contributed by atoms with Gasteiger partial charge in [-0.25, -0.2) is 9.97 Å². The number of phenols is 1. The highest BCUT2D eigenvalue weighted by atomic mass is 35.5. The summed E-state index contributed by atoms with van der Waals surface area (Å²) in [6.07, 6.45) is 9.24. The number of nitrogens with zero attached hydrogens (tertiary/aromatic N) is 7. The Hall–Kier alpha value is -3.94. The number of hydrogen-bond acceptors (Lipinski definition) is 7. The minimum Gasteiger partial charge on any atom is -0.506 e. The molecule has 4 aromatic rings. The summed E-state index contributed by atoms with van der Waals surface area (Å²) in [5.41, 5.74) is 2.58. The summed E-state index contributed by atoms with van der Waals surface area (Å²) in [5.74, 6) is -0.109. The first-order chi connectivity index (χ1) is 18.0. The van der Waals surface area contributed by atoms with Crippen molar-refractivity contribution in [2.45, 2.75) is 30.8 Å². The van der Waals surface area contributed by atoms with Gasteiger partial charge in [-0.05, 0) is 37.1 Å². The molecule has 10 nitrogen and oxygen atoms in total. The zero-order valence-corrected chi connectivity index (χ0v) is 20.8. The van der Waals surface area contributed by atoms with Crippen molar-refractivity contribution in [2.75, 3.05) is 26.2 Å². The number of H-pyrrole nitrogens is 1. The third-order valence-electron chi connectivity index (χ3n) is 7.56. The first kappa shape index (κ1) is 23.5. The van der Waals surface area contributed by atoms with Gasteiger partial charge < -0.3 is 15.0 Å². The van der Waals surface area contributed by atoms with Crippen molar-refractivity contribution in [3.63, 3.8) is 0 Å². The van der Waals surface area contributed by atoms with Crippen LogP contribution in [0.5, 0.6) is 5.75 Å². The predicted molar refractivity (Wildman–Crippen MR) is 137 cm³/mol. The normalized spacial score (nSPS) is 18.0. The van der Waals surface area contributed by atoms with Crippen molar-refractivity contribution >= 4 is 28.5 Å². The van der Waals surface area contributed by atoms with Crippen molar-refractivity contribution in [3.05, 3.63) is 59.8 Å². The van der Waals surface area contributed by atoms with E-state index in [1.807, 2.05) is 28.0 Å². The Kier molecular flexibility index (Phi) is 5.82. The average molecular weight is 517 g/mol. The van der Waals surface area contributed by atoms with Crippen LogP contribution < -0.4 is 0 Å². The molecule has 1 amide bonds. The molecule has 11 heteroatoms. The number of piperidine rings is 1. The fourth-order valence-electron chi connectivity index (χ4n) is 5.52. The molecule has 188 valence electrons. The third kappa shape index (κ3) is 4.10. The van der Waals surface area contributed by atoms with Crippen LogP contribution in [0.4, 0.5) is 0 Å². The van der Waals surface area contributed by atoms with Crippen LogP contribution in [-0.2, 0) is 5.54 Å². The Bertz CT molecular complexity index is 1510. The van der Waals surface area contributed by atoms with Crippen molar-refractivity contribution in [2.24, 2.45) is 0 Å². The maximum absolute atomic E-state index is 12.9.